The van der Waals surface area contributed by atoms with Crippen LogP contribution in [0.15, 0.2) is 36.5 Å². The standard InChI is InChI=1S/C50H97N2O6P/c1-6-8-10-12-14-15-16-17-18-19-20-21-22-23-24-25-26-27-28-29-30-31-32-33-34-35-36-37-38-39-41-43-49(53)48(51-50(54)44-42-40-13-11-9-7-2)47-58-59(55,56)57-46-45-52(3,4)5/h32-33,36-37,41,43,48-49,53H,6-31,34-35,38-40,42,44-47H2,1-5H3,(H-,51,54,55,56)/b33-32+,37-36+,43-41+. The summed E-state index contributed by atoms with van der Waals surface area (Å²) in [6.45, 7) is 4.55. The summed E-state index contributed by atoms with van der Waals surface area (Å²) in [6, 6.07) is -0.904. The first-order valence-electron chi connectivity index (χ1n) is 24.9. The van der Waals surface area contributed by atoms with E-state index in [1.165, 1.54) is 154 Å². The van der Waals surface area contributed by atoms with Crippen LogP contribution in [0, 0.1) is 0 Å². The lowest BCUT2D eigenvalue weighted by molar-refractivity contribution is -0.870. The van der Waals surface area contributed by atoms with Crippen molar-refractivity contribution in [3.63, 3.8) is 0 Å². The minimum Gasteiger partial charge on any atom is -0.756 e. The number of nitrogens with zero attached hydrogens (tertiary/aromatic N) is 1. The van der Waals surface area contributed by atoms with E-state index in [1.54, 1.807) is 6.08 Å². The number of unbranched alkanes of at least 4 members (excludes halogenated alkanes) is 28. The number of hydrogen-bond donors (Lipinski definition) is 2. The Morgan fingerprint density at radius 3 is 1.37 bits per heavy atom. The Morgan fingerprint density at radius 2 is 0.949 bits per heavy atom. The monoisotopic (exact) mass is 853 g/mol. The Kier molecular flexibility index (Phi) is 41.1. The van der Waals surface area contributed by atoms with Crippen LogP contribution in [0.2, 0.25) is 0 Å². The summed E-state index contributed by atoms with van der Waals surface area (Å²) in [4.78, 5) is 25.1. The molecule has 0 saturated carbocycles. The van der Waals surface area contributed by atoms with Gasteiger partial charge in [-0.25, -0.2) is 0 Å². The smallest absolute Gasteiger partial charge is 0.268 e. The second kappa shape index (κ2) is 42.0. The Morgan fingerprint density at radius 1 is 0.576 bits per heavy atom. The highest BCUT2D eigenvalue weighted by molar-refractivity contribution is 7.45. The molecule has 0 aromatic rings. The number of aliphatic hydroxyl groups excluding tert-OH is 1. The number of aliphatic hydroxyl groups is 1. The molecule has 1 amide bonds. The number of carbonyl (C=O) groups is 1. The van der Waals surface area contributed by atoms with Gasteiger partial charge in [0.05, 0.1) is 39.9 Å². The van der Waals surface area contributed by atoms with E-state index in [9.17, 15) is 19.4 Å². The Balaban J connectivity index is 4.04. The van der Waals surface area contributed by atoms with E-state index in [4.69, 9.17) is 9.05 Å². The molecule has 0 saturated heterocycles. The number of rotatable bonds is 45. The molecule has 0 fully saturated rings. The molecule has 0 radical (unpaired) electrons. The van der Waals surface area contributed by atoms with Crippen molar-refractivity contribution in [1.82, 2.24) is 5.32 Å². The summed E-state index contributed by atoms with van der Waals surface area (Å²) < 4.78 is 23.1. The lowest BCUT2D eigenvalue weighted by atomic mass is 10.0. The van der Waals surface area contributed by atoms with Gasteiger partial charge in [-0.05, 0) is 44.9 Å². The predicted molar refractivity (Wildman–Crippen MR) is 251 cm³/mol. The first-order chi connectivity index (χ1) is 28.5. The van der Waals surface area contributed by atoms with Crippen molar-refractivity contribution in [2.24, 2.45) is 0 Å². The number of nitrogens with one attached hydrogen (secondary N) is 1. The zero-order chi connectivity index (χ0) is 43.6. The van der Waals surface area contributed by atoms with Gasteiger partial charge in [-0.3, -0.25) is 9.36 Å². The predicted octanol–water partition coefficient (Wildman–Crippen LogP) is 13.6. The third kappa shape index (κ3) is 44.6. The van der Waals surface area contributed by atoms with E-state index in [0.29, 0.717) is 17.4 Å². The fourth-order valence-electron chi connectivity index (χ4n) is 7.13. The van der Waals surface area contributed by atoms with Crippen LogP contribution in [0.5, 0.6) is 0 Å². The van der Waals surface area contributed by atoms with Gasteiger partial charge in [0.2, 0.25) is 5.91 Å². The molecular weight excluding hydrogens is 756 g/mol. The minimum absolute atomic E-state index is 0.00865. The van der Waals surface area contributed by atoms with Crippen molar-refractivity contribution < 1.29 is 32.9 Å². The number of quaternary nitrogens is 1. The van der Waals surface area contributed by atoms with Gasteiger partial charge in [0, 0.05) is 6.42 Å². The van der Waals surface area contributed by atoms with Crippen LogP contribution in [0.3, 0.4) is 0 Å². The van der Waals surface area contributed by atoms with Crippen molar-refractivity contribution in [3.05, 3.63) is 36.5 Å². The molecule has 0 heterocycles. The molecule has 2 N–H and O–H groups in total. The third-order valence-electron chi connectivity index (χ3n) is 11.1. The van der Waals surface area contributed by atoms with Gasteiger partial charge >= 0.3 is 0 Å². The number of hydrogen-bond acceptors (Lipinski definition) is 6. The molecule has 3 unspecified atom stereocenters. The van der Waals surface area contributed by atoms with Gasteiger partial charge < -0.3 is 28.8 Å². The molecule has 9 heteroatoms. The summed E-state index contributed by atoms with van der Waals surface area (Å²) in [7, 11) is 1.23. The van der Waals surface area contributed by atoms with Gasteiger partial charge in [0.1, 0.15) is 13.2 Å². The fraction of sp³-hybridized carbons (Fsp3) is 0.860. The minimum atomic E-state index is -4.59. The van der Waals surface area contributed by atoms with E-state index in [2.05, 4.69) is 43.5 Å². The first kappa shape index (κ1) is 57.7. The van der Waals surface area contributed by atoms with Crippen molar-refractivity contribution >= 4 is 13.7 Å². The van der Waals surface area contributed by atoms with Crippen LogP contribution in [-0.4, -0.2) is 68.5 Å². The zero-order valence-electron chi connectivity index (χ0n) is 39.5. The molecule has 0 aliphatic carbocycles. The van der Waals surface area contributed by atoms with E-state index in [1.807, 2.05) is 27.2 Å². The molecule has 0 rings (SSSR count). The lowest BCUT2D eigenvalue weighted by Crippen LogP contribution is -2.45. The molecule has 8 nitrogen and oxygen atoms in total. The molecule has 59 heavy (non-hydrogen) atoms. The average Bonchev–Trinajstić information content (AvgIpc) is 3.19. The summed E-state index contributed by atoms with van der Waals surface area (Å²) in [5.74, 6) is -0.221. The SMILES string of the molecule is CCCCCCCCCCCCCCCCCCCCCCC/C=C/CC/C=C/CC/C=C/C(O)C(COP(=O)([O-])OCC[N+](C)(C)C)NC(=O)CCCCCCCC. The van der Waals surface area contributed by atoms with Crippen LogP contribution >= 0.6 is 7.82 Å². The molecule has 348 valence electrons. The van der Waals surface area contributed by atoms with Crippen LogP contribution < -0.4 is 10.2 Å². The van der Waals surface area contributed by atoms with Crippen LogP contribution in [0.4, 0.5) is 0 Å². The quantitative estimate of drug-likeness (QED) is 0.0273. The maximum Gasteiger partial charge on any atom is 0.268 e. The van der Waals surface area contributed by atoms with Gasteiger partial charge in [-0.15, -0.1) is 0 Å². The molecule has 0 aromatic carbocycles. The maximum absolute atomic E-state index is 12.7. The molecule has 0 aliphatic heterocycles. The van der Waals surface area contributed by atoms with Crippen LogP contribution in [0.1, 0.15) is 226 Å². The first-order valence-corrected chi connectivity index (χ1v) is 26.3. The second-order valence-corrected chi connectivity index (χ2v) is 19.6. The number of likely N-dealkylation sites (N-methyl/N-ethyl adjacent to an activating group) is 1. The third-order valence-corrected chi connectivity index (χ3v) is 12.0. The molecular formula is C50H97N2O6P. The van der Waals surface area contributed by atoms with Gasteiger partial charge in [0.25, 0.3) is 7.82 Å². The summed E-state index contributed by atoms with van der Waals surface area (Å²) in [5, 5.41) is 13.7. The molecule has 0 bridgehead atoms. The van der Waals surface area contributed by atoms with Gasteiger partial charge in [0.15, 0.2) is 0 Å². The number of allylic oxidation sites excluding steroid dienone is 5. The van der Waals surface area contributed by atoms with Crippen molar-refractivity contribution in [2.75, 3.05) is 40.9 Å². The summed E-state index contributed by atoms with van der Waals surface area (Å²) in [5.41, 5.74) is 0. The highest BCUT2D eigenvalue weighted by Gasteiger charge is 2.23. The van der Waals surface area contributed by atoms with Gasteiger partial charge in [-0.1, -0.05) is 211 Å². The number of phosphoric acid groups is 1. The highest BCUT2D eigenvalue weighted by atomic mass is 31.2. The average molecular weight is 853 g/mol. The summed E-state index contributed by atoms with van der Waals surface area (Å²) in [6.07, 6.45) is 52.7. The van der Waals surface area contributed by atoms with Crippen LogP contribution in [0.25, 0.3) is 0 Å². The zero-order valence-corrected chi connectivity index (χ0v) is 40.4. The fourth-order valence-corrected chi connectivity index (χ4v) is 7.85. The van der Waals surface area contributed by atoms with E-state index in [-0.39, 0.29) is 12.5 Å². The summed E-state index contributed by atoms with van der Waals surface area (Å²) >= 11 is 0. The van der Waals surface area contributed by atoms with E-state index in [0.717, 1.165) is 51.4 Å². The maximum atomic E-state index is 12.7. The largest absolute Gasteiger partial charge is 0.756 e. The van der Waals surface area contributed by atoms with Crippen molar-refractivity contribution in [1.29, 1.82) is 0 Å². The van der Waals surface area contributed by atoms with E-state index >= 15 is 0 Å². The van der Waals surface area contributed by atoms with Crippen molar-refractivity contribution in [2.45, 2.75) is 238 Å². The number of amides is 1. The second-order valence-electron chi connectivity index (χ2n) is 18.2. The molecule has 0 spiro atoms. The molecule has 3 atom stereocenters. The Bertz CT molecular complexity index is 1060. The normalized spacial score (nSPS) is 14.5. The Labute approximate surface area is 366 Å². The van der Waals surface area contributed by atoms with Crippen LogP contribution in [-0.2, 0) is 18.4 Å². The Hall–Kier alpha value is -1.28. The van der Waals surface area contributed by atoms with Crippen molar-refractivity contribution in [3.8, 4) is 0 Å². The molecule has 0 aliphatic rings. The van der Waals surface area contributed by atoms with E-state index < -0.39 is 26.6 Å². The number of carbonyl (C=O) groups excluding carboxylic acids is 1. The molecule has 0 aromatic heterocycles. The topological polar surface area (TPSA) is 108 Å². The highest BCUT2D eigenvalue weighted by Crippen LogP contribution is 2.38. The van der Waals surface area contributed by atoms with Gasteiger partial charge in [-0.2, -0.15) is 0 Å². The lowest BCUT2D eigenvalue weighted by Gasteiger charge is -2.29. The number of phosphoric ester groups is 1.